The summed E-state index contributed by atoms with van der Waals surface area (Å²) in [5.74, 6) is -0.232. The van der Waals surface area contributed by atoms with Crippen molar-refractivity contribution in [2.24, 2.45) is 0 Å². The molecule has 0 spiro atoms. The first kappa shape index (κ1) is 13.7. The number of thiazole rings is 1. The van der Waals surface area contributed by atoms with E-state index >= 15 is 0 Å². The lowest BCUT2D eigenvalue weighted by Gasteiger charge is -2.03. The number of rotatable bonds is 5. The van der Waals surface area contributed by atoms with Gasteiger partial charge in [0.1, 0.15) is 5.01 Å². The highest BCUT2D eigenvalue weighted by Gasteiger charge is 2.11. The molecular weight excluding hydrogens is 260 g/mol. The fraction of sp³-hybridized carbons (Fsp3) is 0.357. The van der Waals surface area contributed by atoms with Crippen LogP contribution in [0.3, 0.4) is 0 Å². The summed E-state index contributed by atoms with van der Waals surface area (Å²) < 4.78 is 4.92. The van der Waals surface area contributed by atoms with Gasteiger partial charge in [-0.25, -0.2) is 4.98 Å². The summed E-state index contributed by atoms with van der Waals surface area (Å²) >= 11 is 1.55. The number of aromatic nitrogens is 2. The average Bonchev–Trinajstić information content (AvgIpc) is 2.87. The van der Waals surface area contributed by atoms with Gasteiger partial charge < -0.3 is 4.74 Å². The summed E-state index contributed by atoms with van der Waals surface area (Å²) in [5.41, 5.74) is 3.02. The molecular formula is C14H16N2O2S. The van der Waals surface area contributed by atoms with E-state index in [0.717, 1.165) is 22.7 Å². The van der Waals surface area contributed by atoms with E-state index in [9.17, 15) is 4.79 Å². The summed E-state index contributed by atoms with van der Waals surface area (Å²) in [5, 5.41) is 2.84. The highest BCUT2D eigenvalue weighted by atomic mass is 32.1. The zero-order chi connectivity index (χ0) is 13.7. The van der Waals surface area contributed by atoms with Gasteiger partial charge in [-0.1, -0.05) is 6.92 Å². The Morgan fingerprint density at radius 3 is 3.00 bits per heavy atom. The highest BCUT2D eigenvalue weighted by molar-refractivity contribution is 7.13. The van der Waals surface area contributed by atoms with Crippen LogP contribution in [0.15, 0.2) is 23.8 Å². The Balaban J connectivity index is 2.19. The zero-order valence-electron chi connectivity index (χ0n) is 11.0. The first-order chi connectivity index (χ1) is 9.24. The van der Waals surface area contributed by atoms with Crippen molar-refractivity contribution in [1.29, 1.82) is 0 Å². The highest BCUT2D eigenvalue weighted by Crippen LogP contribution is 2.27. The molecule has 0 saturated heterocycles. The summed E-state index contributed by atoms with van der Waals surface area (Å²) in [4.78, 5) is 20.0. The molecule has 0 amide bonds. The second-order valence-corrected chi connectivity index (χ2v) is 4.87. The number of esters is 1. The van der Waals surface area contributed by atoms with E-state index in [4.69, 9.17) is 4.74 Å². The van der Waals surface area contributed by atoms with Crippen molar-refractivity contribution in [3.63, 3.8) is 0 Å². The first-order valence-corrected chi connectivity index (χ1v) is 7.15. The Bertz CT molecular complexity index is 566. The van der Waals surface area contributed by atoms with Crippen LogP contribution in [-0.4, -0.2) is 22.5 Å². The molecule has 4 nitrogen and oxygen atoms in total. The first-order valence-electron chi connectivity index (χ1n) is 6.27. The minimum absolute atomic E-state index is 0.232. The van der Waals surface area contributed by atoms with Gasteiger partial charge >= 0.3 is 5.97 Å². The molecule has 0 unspecified atom stereocenters. The molecule has 0 N–H and O–H groups in total. The van der Waals surface area contributed by atoms with Crippen molar-refractivity contribution < 1.29 is 9.53 Å². The van der Waals surface area contributed by atoms with Gasteiger partial charge in [0, 0.05) is 23.3 Å². The fourth-order valence-electron chi connectivity index (χ4n) is 1.79. The number of pyridine rings is 1. The number of aryl methyl sites for hydroxylation is 1. The molecule has 0 bridgehead atoms. The van der Waals surface area contributed by atoms with Crippen LogP contribution in [0.2, 0.25) is 0 Å². The molecule has 2 rings (SSSR count). The molecule has 100 valence electrons. The fourth-order valence-corrected chi connectivity index (χ4v) is 2.67. The quantitative estimate of drug-likeness (QED) is 0.788. The van der Waals surface area contributed by atoms with Crippen LogP contribution >= 0.6 is 11.3 Å². The van der Waals surface area contributed by atoms with Crippen LogP contribution in [0.1, 0.15) is 25.1 Å². The summed E-state index contributed by atoms with van der Waals surface area (Å²) in [6.07, 6.45) is 4.77. The average molecular weight is 276 g/mol. The zero-order valence-corrected chi connectivity index (χ0v) is 11.9. The van der Waals surface area contributed by atoms with Crippen LogP contribution in [-0.2, 0) is 22.4 Å². The summed E-state index contributed by atoms with van der Waals surface area (Å²) in [6.45, 7) is 4.29. The molecule has 0 aliphatic rings. The topological polar surface area (TPSA) is 52.1 Å². The van der Waals surface area contributed by atoms with Crippen LogP contribution in [0.4, 0.5) is 0 Å². The molecule has 0 aliphatic carbocycles. The number of hydrogen-bond donors (Lipinski definition) is 0. The second-order valence-electron chi connectivity index (χ2n) is 4.01. The van der Waals surface area contributed by atoms with Crippen LogP contribution in [0.5, 0.6) is 0 Å². The molecule has 2 aromatic rings. The summed E-state index contributed by atoms with van der Waals surface area (Å²) in [7, 11) is 0. The third-order valence-electron chi connectivity index (χ3n) is 2.70. The molecule has 0 radical (unpaired) electrons. The minimum atomic E-state index is -0.232. The van der Waals surface area contributed by atoms with Gasteiger partial charge in [0.25, 0.3) is 0 Å². The van der Waals surface area contributed by atoms with E-state index in [1.807, 2.05) is 17.6 Å². The second kappa shape index (κ2) is 6.43. The minimum Gasteiger partial charge on any atom is -0.466 e. The summed E-state index contributed by atoms with van der Waals surface area (Å²) in [6, 6.07) is 1.96. The number of carbonyl (C=O) groups excluding carboxylic acids is 1. The molecule has 2 aromatic heterocycles. The lowest BCUT2D eigenvalue weighted by atomic mass is 10.1. The van der Waals surface area contributed by atoms with Gasteiger partial charge in [0.05, 0.1) is 18.7 Å². The van der Waals surface area contributed by atoms with Crippen molar-refractivity contribution in [3.8, 4) is 10.6 Å². The van der Waals surface area contributed by atoms with E-state index in [2.05, 4.69) is 16.9 Å². The largest absolute Gasteiger partial charge is 0.466 e. The number of ether oxygens (including phenoxy) is 1. The van der Waals surface area contributed by atoms with Crippen molar-refractivity contribution in [2.45, 2.75) is 26.7 Å². The molecule has 2 heterocycles. The Labute approximate surface area is 116 Å². The van der Waals surface area contributed by atoms with Crippen molar-refractivity contribution >= 4 is 17.3 Å². The van der Waals surface area contributed by atoms with Gasteiger partial charge in [-0.05, 0) is 25.0 Å². The predicted octanol–water partition coefficient (Wildman–Crippen LogP) is 2.87. The smallest absolute Gasteiger partial charge is 0.311 e. The van der Waals surface area contributed by atoms with Gasteiger partial charge in [-0.2, -0.15) is 0 Å². The van der Waals surface area contributed by atoms with Gasteiger partial charge in [-0.15, -0.1) is 11.3 Å². The maximum Gasteiger partial charge on any atom is 0.311 e. The van der Waals surface area contributed by atoms with E-state index in [1.54, 1.807) is 24.5 Å². The maximum atomic E-state index is 11.4. The van der Waals surface area contributed by atoms with E-state index in [1.165, 1.54) is 5.56 Å². The van der Waals surface area contributed by atoms with Crippen molar-refractivity contribution in [1.82, 2.24) is 9.97 Å². The van der Waals surface area contributed by atoms with Gasteiger partial charge in [0.15, 0.2) is 0 Å². The molecule has 19 heavy (non-hydrogen) atoms. The Hall–Kier alpha value is -1.75. The van der Waals surface area contributed by atoms with E-state index < -0.39 is 0 Å². The predicted molar refractivity (Wildman–Crippen MR) is 75.1 cm³/mol. The lowest BCUT2D eigenvalue weighted by Crippen LogP contribution is -2.07. The van der Waals surface area contributed by atoms with E-state index in [0.29, 0.717) is 6.61 Å². The SMILES string of the molecule is CCOC(=O)Cc1csc(-c2ccncc2CC)n1. The maximum absolute atomic E-state index is 11.4. The molecule has 0 atom stereocenters. The lowest BCUT2D eigenvalue weighted by molar-refractivity contribution is -0.142. The normalized spacial score (nSPS) is 10.4. The van der Waals surface area contributed by atoms with E-state index in [-0.39, 0.29) is 12.4 Å². The van der Waals surface area contributed by atoms with Crippen molar-refractivity contribution in [2.75, 3.05) is 6.61 Å². The Kier molecular flexibility index (Phi) is 4.63. The Morgan fingerprint density at radius 2 is 2.26 bits per heavy atom. The standard InChI is InChI=1S/C14H16N2O2S/c1-3-10-8-15-6-5-12(10)14-16-11(9-19-14)7-13(17)18-4-2/h5-6,8-9H,3-4,7H2,1-2H3. The number of hydrogen-bond acceptors (Lipinski definition) is 5. The molecule has 0 saturated carbocycles. The van der Waals surface area contributed by atoms with Gasteiger partial charge in [-0.3, -0.25) is 9.78 Å². The van der Waals surface area contributed by atoms with Crippen molar-refractivity contribution in [3.05, 3.63) is 35.1 Å². The molecule has 5 heteroatoms. The number of nitrogens with zero attached hydrogens (tertiary/aromatic N) is 2. The van der Waals surface area contributed by atoms with Crippen LogP contribution < -0.4 is 0 Å². The third kappa shape index (κ3) is 3.38. The van der Waals surface area contributed by atoms with Crippen LogP contribution in [0, 0.1) is 0 Å². The third-order valence-corrected chi connectivity index (χ3v) is 3.62. The number of carbonyl (C=O) groups is 1. The van der Waals surface area contributed by atoms with Gasteiger partial charge in [0.2, 0.25) is 0 Å². The molecule has 0 fully saturated rings. The molecule has 0 aliphatic heterocycles. The monoisotopic (exact) mass is 276 g/mol. The molecule has 0 aromatic carbocycles. The van der Waals surface area contributed by atoms with Crippen LogP contribution in [0.25, 0.3) is 10.6 Å². The Morgan fingerprint density at radius 1 is 1.42 bits per heavy atom.